The van der Waals surface area contributed by atoms with Crippen LogP contribution in [0.3, 0.4) is 0 Å². The SMILES string of the molecule is CCCCCCCCCC/C=C/C(O)C(COC1OC(CO)C(O)C(O)C1O)NC(=O)CCCCCCCCCCCCCCCCCCC/C=C\C/C=C\CCCCCCCCCCCCCOC(=O)CCCCCCCCCCCCCC. The van der Waals surface area contributed by atoms with Gasteiger partial charge < -0.3 is 45.1 Å². The number of amides is 1. The molecule has 11 nitrogen and oxygen atoms in total. The maximum absolute atomic E-state index is 13.0. The van der Waals surface area contributed by atoms with E-state index in [4.69, 9.17) is 14.2 Å². The maximum atomic E-state index is 13.0. The van der Waals surface area contributed by atoms with Crippen LogP contribution in [0.2, 0.25) is 0 Å². The summed E-state index contributed by atoms with van der Waals surface area (Å²) in [5.74, 6) is -0.168. The summed E-state index contributed by atoms with van der Waals surface area (Å²) in [6.45, 7) is 4.36. The third kappa shape index (κ3) is 52.4. The number of rotatable bonds is 65. The summed E-state index contributed by atoms with van der Waals surface area (Å²) in [6.07, 6.45) is 71.6. The van der Waals surface area contributed by atoms with Gasteiger partial charge in [-0.3, -0.25) is 9.59 Å². The summed E-state index contributed by atoms with van der Waals surface area (Å²) >= 11 is 0. The number of esters is 1. The van der Waals surface area contributed by atoms with Crippen LogP contribution in [-0.4, -0.2) is 100 Å². The van der Waals surface area contributed by atoms with Crippen molar-refractivity contribution in [2.24, 2.45) is 0 Å². The first-order valence-corrected chi connectivity index (χ1v) is 36.8. The predicted octanol–water partition coefficient (Wildman–Crippen LogP) is 19.0. The van der Waals surface area contributed by atoms with Gasteiger partial charge in [0.15, 0.2) is 6.29 Å². The lowest BCUT2D eigenvalue weighted by molar-refractivity contribution is -0.302. The molecule has 7 unspecified atom stereocenters. The maximum Gasteiger partial charge on any atom is 0.305 e. The number of ether oxygens (including phenoxy) is 3. The van der Waals surface area contributed by atoms with Gasteiger partial charge in [0.25, 0.3) is 0 Å². The average Bonchev–Trinajstić information content (AvgIpc) is 3.31. The zero-order valence-corrected chi connectivity index (χ0v) is 55.6. The lowest BCUT2D eigenvalue weighted by Crippen LogP contribution is -2.60. The fraction of sp³-hybridized carbons (Fsp3) is 0.892. The highest BCUT2D eigenvalue weighted by Crippen LogP contribution is 2.23. The van der Waals surface area contributed by atoms with E-state index >= 15 is 0 Å². The zero-order valence-electron chi connectivity index (χ0n) is 55.6. The molecule has 0 aromatic heterocycles. The first-order chi connectivity index (χ1) is 41.7. The largest absolute Gasteiger partial charge is 0.466 e. The number of hydrogen-bond acceptors (Lipinski definition) is 10. The van der Waals surface area contributed by atoms with Crippen LogP contribution in [0.4, 0.5) is 0 Å². The highest BCUT2D eigenvalue weighted by molar-refractivity contribution is 5.76. The Kier molecular flexibility index (Phi) is 60.4. The molecule has 85 heavy (non-hydrogen) atoms. The molecule has 1 amide bonds. The number of nitrogens with one attached hydrogen (secondary N) is 1. The van der Waals surface area contributed by atoms with Gasteiger partial charge in [0.1, 0.15) is 24.4 Å². The van der Waals surface area contributed by atoms with Crippen LogP contribution in [0.15, 0.2) is 36.5 Å². The molecule has 1 fully saturated rings. The Balaban J connectivity index is 1.91. The molecule has 1 aliphatic heterocycles. The van der Waals surface area contributed by atoms with Gasteiger partial charge in [-0.25, -0.2) is 0 Å². The zero-order chi connectivity index (χ0) is 61.6. The molecule has 0 radical (unpaired) electrons. The van der Waals surface area contributed by atoms with E-state index in [9.17, 15) is 35.1 Å². The van der Waals surface area contributed by atoms with Crippen LogP contribution in [0.5, 0.6) is 0 Å². The quantitative estimate of drug-likeness (QED) is 0.0195. The molecule has 0 aliphatic carbocycles. The lowest BCUT2D eigenvalue weighted by atomic mass is 9.99. The van der Waals surface area contributed by atoms with Crippen molar-refractivity contribution in [3.63, 3.8) is 0 Å². The summed E-state index contributed by atoms with van der Waals surface area (Å²) in [5.41, 5.74) is 0. The van der Waals surface area contributed by atoms with E-state index in [1.54, 1.807) is 6.08 Å². The topological polar surface area (TPSA) is 175 Å². The minimum Gasteiger partial charge on any atom is -0.466 e. The molecule has 0 aromatic rings. The number of aliphatic hydroxyl groups excluding tert-OH is 5. The molecule has 7 atom stereocenters. The van der Waals surface area contributed by atoms with Gasteiger partial charge in [-0.15, -0.1) is 0 Å². The van der Waals surface area contributed by atoms with Gasteiger partial charge in [0.05, 0.1) is 32.0 Å². The number of allylic oxidation sites excluding steroid dienone is 5. The molecule has 0 spiro atoms. The molecule has 1 rings (SSSR count). The van der Waals surface area contributed by atoms with E-state index < -0.39 is 49.5 Å². The second-order valence-electron chi connectivity index (χ2n) is 25.7. The van der Waals surface area contributed by atoms with Crippen LogP contribution in [0.25, 0.3) is 0 Å². The summed E-state index contributed by atoms with van der Waals surface area (Å²) in [4.78, 5) is 25.1. The Morgan fingerprint density at radius 2 is 0.788 bits per heavy atom. The second kappa shape index (κ2) is 63.4. The molecule has 11 heteroatoms. The number of hydrogen-bond donors (Lipinski definition) is 6. The molecule has 0 bridgehead atoms. The van der Waals surface area contributed by atoms with Crippen LogP contribution in [0, 0.1) is 0 Å². The molecule has 0 aromatic carbocycles. The Hall–Kier alpha value is -2.12. The normalized spacial score (nSPS) is 18.1. The van der Waals surface area contributed by atoms with Gasteiger partial charge in [-0.1, -0.05) is 320 Å². The van der Waals surface area contributed by atoms with E-state index in [0.29, 0.717) is 19.4 Å². The Morgan fingerprint density at radius 1 is 0.435 bits per heavy atom. The van der Waals surface area contributed by atoms with Gasteiger partial charge >= 0.3 is 5.97 Å². The summed E-state index contributed by atoms with van der Waals surface area (Å²) in [7, 11) is 0. The van der Waals surface area contributed by atoms with Crippen LogP contribution in [-0.2, 0) is 23.8 Å². The van der Waals surface area contributed by atoms with Crippen molar-refractivity contribution in [2.75, 3.05) is 19.8 Å². The molecule has 500 valence electrons. The third-order valence-electron chi connectivity index (χ3n) is 17.5. The summed E-state index contributed by atoms with van der Waals surface area (Å²) < 4.78 is 16.7. The standard InChI is InChI=1S/C74H139NO10/c1-3-5-7-9-11-13-15-42-46-50-54-58-62-70(79)83-63-59-55-51-47-43-40-38-36-34-32-30-28-26-24-22-20-18-16-17-19-21-23-25-27-29-31-33-35-37-39-41-45-49-53-57-61-69(78)75-66(65-84-74-73(82)72(81)71(80)68(64-76)85-74)67(77)60-56-52-48-44-14-12-10-8-6-4-2/h18,20,24,26,56,60,66-68,71-74,76-77,80-82H,3-17,19,21-23,25,27-55,57-59,61-65H2,1-2H3,(H,75,78)/b20-18-,26-24-,60-56+. The van der Waals surface area contributed by atoms with Crippen molar-refractivity contribution in [1.82, 2.24) is 5.32 Å². The Labute approximate surface area is 523 Å². The van der Waals surface area contributed by atoms with Crippen molar-refractivity contribution in [3.8, 4) is 0 Å². The van der Waals surface area contributed by atoms with Crippen LogP contribution in [0.1, 0.15) is 361 Å². The number of carbonyl (C=O) groups excluding carboxylic acids is 2. The van der Waals surface area contributed by atoms with Gasteiger partial charge in [-0.2, -0.15) is 0 Å². The fourth-order valence-electron chi connectivity index (χ4n) is 11.7. The highest BCUT2D eigenvalue weighted by Gasteiger charge is 2.44. The molecule has 1 aliphatic rings. The third-order valence-corrected chi connectivity index (χ3v) is 17.5. The predicted molar refractivity (Wildman–Crippen MR) is 357 cm³/mol. The van der Waals surface area contributed by atoms with Gasteiger partial charge in [-0.05, 0) is 64.2 Å². The molecule has 0 saturated carbocycles. The van der Waals surface area contributed by atoms with E-state index in [0.717, 1.165) is 57.8 Å². The highest BCUT2D eigenvalue weighted by atomic mass is 16.7. The molecule has 1 saturated heterocycles. The van der Waals surface area contributed by atoms with E-state index in [1.807, 2.05) is 6.08 Å². The first kappa shape index (κ1) is 80.9. The van der Waals surface area contributed by atoms with Crippen LogP contribution >= 0.6 is 0 Å². The van der Waals surface area contributed by atoms with Gasteiger partial charge in [0.2, 0.25) is 5.91 Å². The van der Waals surface area contributed by atoms with Crippen LogP contribution < -0.4 is 5.32 Å². The van der Waals surface area contributed by atoms with Crippen molar-refractivity contribution in [2.45, 2.75) is 403 Å². The number of unbranched alkanes of at least 4 members (excludes halogenated alkanes) is 47. The second-order valence-corrected chi connectivity index (χ2v) is 25.7. The lowest BCUT2D eigenvalue weighted by Gasteiger charge is -2.40. The smallest absolute Gasteiger partial charge is 0.305 e. The summed E-state index contributed by atoms with van der Waals surface area (Å²) in [6, 6.07) is -0.807. The van der Waals surface area contributed by atoms with Crippen molar-refractivity contribution in [3.05, 3.63) is 36.5 Å². The number of carbonyl (C=O) groups is 2. The minimum absolute atomic E-state index is 0.0111. The minimum atomic E-state index is -1.57. The monoisotopic (exact) mass is 1200 g/mol. The Bertz CT molecular complexity index is 1510. The fourth-order valence-corrected chi connectivity index (χ4v) is 11.7. The van der Waals surface area contributed by atoms with E-state index in [1.165, 1.54) is 276 Å². The van der Waals surface area contributed by atoms with Crippen molar-refractivity contribution < 1.29 is 49.3 Å². The molecule has 6 N–H and O–H groups in total. The average molecular weight is 1200 g/mol. The molecule has 1 heterocycles. The van der Waals surface area contributed by atoms with Crippen molar-refractivity contribution >= 4 is 11.9 Å². The van der Waals surface area contributed by atoms with Crippen molar-refractivity contribution in [1.29, 1.82) is 0 Å². The number of aliphatic hydroxyl groups is 5. The first-order valence-electron chi connectivity index (χ1n) is 36.8. The Morgan fingerprint density at radius 3 is 1.19 bits per heavy atom. The molecular formula is C74H139NO10. The molecular weight excluding hydrogens is 1060 g/mol. The summed E-state index contributed by atoms with van der Waals surface area (Å²) in [5, 5.41) is 54.4. The van der Waals surface area contributed by atoms with E-state index in [2.05, 4.69) is 43.5 Å². The van der Waals surface area contributed by atoms with E-state index in [-0.39, 0.29) is 18.5 Å². The van der Waals surface area contributed by atoms with Gasteiger partial charge in [0, 0.05) is 12.8 Å².